The van der Waals surface area contributed by atoms with Crippen molar-refractivity contribution in [3.8, 4) is 0 Å². The van der Waals surface area contributed by atoms with Gasteiger partial charge in [0.1, 0.15) is 6.61 Å². The number of hydrogen-bond acceptors (Lipinski definition) is 2. The average molecular weight is 182 g/mol. The van der Waals surface area contributed by atoms with E-state index in [0.29, 0.717) is 6.54 Å². The molecule has 0 fully saturated rings. The third-order valence-electron chi connectivity index (χ3n) is 1.63. The van der Waals surface area contributed by atoms with E-state index in [1.165, 1.54) is 7.11 Å². The molecule has 0 spiro atoms. The molecule has 1 aromatic heterocycles. The zero-order valence-corrected chi connectivity index (χ0v) is 7.69. The highest BCUT2D eigenvalue weighted by atomic mass is 16.5. The lowest BCUT2D eigenvalue weighted by Crippen LogP contribution is -2.29. The normalized spacial score (nSPS) is 9.92. The Bertz CT molecular complexity index is 244. The molecule has 0 aliphatic carbocycles. The second-order valence-electron chi connectivity index (χ2n) is 2.70. The third-order valence-corrected chi connectivity index (χ3v) is 1.63. The summed E-state index contributed by atoms with van der Waals surface area (Å²) >= 11 is 0. The Morgan fingerprint density at radius 1 is 1.46 bits per heavy atom. The molecule has 1 aromatic rings. The van der Waals surface area contributed by atoms with Crippen LogP contribution in [-0.4, -0.2) is 30.7 Å². The summed E-state index contributed by atoms with van der Waals surface area (Å²) in [6.07, 6.45) is 3.92. The summed E-state index contributed by atoms with van der Waals surface area (Å²) in [4.78, 5) is 10.9. The zero-order chi connectivity index (χ0) is 9.52. The molecular formula is C9H14N2O2. The summed E-state index contributed by atoms with van der Waals surface area (Å²) in [7, 11) is 1.51. The summed E-state index contributed by atoms with van der Waals surface area (Å²) in [5, 5.41) is 2.74. The molecule has 0 bridgehead atoms. The van der Waals surface area contributed by atoms with Gasteiger partial charge in [0.05, 0.1) is 0 Å². The van der Waals surface area contributed by atoms with Crippen molar-refractivity contribution >= 4 is 5.91 Å². The average Bonchev–Trinajstić information content (AvgIpc) is 2.57. The first-order chi connectivity index (χ1) is 6.33. The Kier molecular flexibility index (Phi) is 4.05. The zero-order valence-electron chi connectivity index (χ0n) is 7.69. The molecule has 4 nitrogen and oxygen atoms in total. The summed E-state index contributed by atoms with van der Waals surface area (Å²) in [6.45, 7) is 1.56. The van der Waals surface area contributed by atoms with Crippen LogP contribution < -0.4 is 5.32 Å². The van der Waals surface area contributed by atoms with Crippen molar-refractivity contribution in [3.63, 3.8) is 0 Å². The van der Waals surface area contributed by atoms with Gasteiger partial charge in [-0.05, 0) is 12.1 Å². The standard InChI is InChI=1S/C9H14N2O2/c1-13-8-9(12)10-4-7-11-5-2-3-6-11/h2-3,5-6H,4,7-8H2,1H3,(H,10,12). The Balaban J connectivity index is 2.11. The van der Waals surface area contributed by atoms with Gasteiger partial charge in [0.2, 0.25) is 5.91 Å². The van der Waals surface area contributed by atoms with E-state index in [0.717, 1.165) is 6.54 Å². The van der Waals surface area contributed by atoms with Gasteiger partial charge in [0.15, 0.2) is 0 Å². The van der Waals surface area contributed by atoms with Gasteiger partial charge in [-0.25, -0.2) is 0 Å². The lowest BCUT2D eigenvalue weighted by Gasteiger charge is -2.04. The fourth-order valence-electron chi connectivity index (χ4n) is 1.03. The molecule has 1 N–H and O–H groups in total. The highest BCUT2D eigenvalue weighted by Crippen LogP contribution is 1.87. The second-order valence-corrected chi connectivity index (χ2v) is 2.70. The van der Waals surface area contributed by atoms with Crippen molar-refractivity contribution in [2.75, 3.05) is 20.3 Å². The summed E-state index contributed by atoms with van der Waals surface area (Å²) in [5.41, 5.74) is 0. The maximum Gasteiger partial charge on any atom is 0.246 e. The van der Waals surface area contributed by atoms with Gasteiger partial charge in [0.25, 0.3) is 0 Å². The van der Waals surface area contributed by atoms with Crippen molar-refractivity contribution in [3.05, 3.63) is 24.5 Å². The fraction of sp³-hybridized carbons (Fsp3) is 0.444. The van der Waals surface area contributed by atoms with Crippen molar-refractivity contribution in [2.24, 2.45) is 0 Å². The largest absolute Gasteiger partial charge is 0.375 e. The van der Waals surface area contributed by atoms with Crippen molar-refractivity contribution < 1.29 is 9.53 Å². The molecule has 0 atom stereocenters. The van der Waals surface area contributed by atoms with Crippen molar-refractivity contribution in [1.29, 1.82) is 0 Å². The summed E-state index contributed by atoms with van der Waals surface area (Å²) < 4.78 is 6.68. The van der Waals surface area contributed by atoms with Gasteiger partial charge in [-0.3, -0.25) is 4.79 Å². The van der Waals surface area contributed by atoms with Crippen molar-refractivity contribution in [2.45, 2.75) is 6.54 Å². The molecule has 0 radical (unpaired) electrons. The predicted molar refractivity (Wildman–Crippen MR) is 49.3 cm³/mol. The first kappa shape index (κ1) is 9.80. The van der Waals surface area contributed by atoms with E-state index < -0.39 is 0 Å². The van der Waals surface area contributed by atoms with Gasteiger partial charge in [0, 0.05) is 32.6 Å². The quantitative estimate of drug-likeness (QED) is 0.709. The van der Waals surface area contributed by atoms with Crippen LogP contribution in [0.4, 0.5) is 0 Å². The molecule has 0 unspecified atom stereocenters. The second kappa shape index (κ2) is 5.37. The molecular weight excluding hydrogens is 168 g/mol. The number of nitrogens with one attached hydrogen (secondary N) is 1. The van der Waals surface area contributed by atoms with E-state index in [1.54, 1.807) is 0 Å². The van der Waals surface area contributed by atoms with Crippen LogP contribution in [-0.2, 0) is 16.1 Å². The van der Waals surface area contributed by atoms with Crippen LogP contribution in [0.3, 0.4) is 0 Å². The van der Waals surface area contributed by atoms with Gasteiger partial charge in [-0.2, -0.15) is 0 Å². The number of aromatic nitrogens is 1. The van der Waals surface area contributed by atoms with Gasteiger partial charge >= 0.3 is 0 Å². The van der Waals surface area contributed by atoms with E-state index in [4.69, 9.17) is 0 Å². The number of carbonyl (C=O) groups is 1. The lowest BCUT2D eigenvalue weighted by molar-refractivity contribution is -0.124. The molecule has 0 saturated heterocycles. The molecule has 4 heteroatoms. The van der Waals surface area contributed by atoms with Crippen molar-refractivity contribution in [1.82, 2.24) is 9.88 Å². The smallest absolute Gasteiger partial charge is 0.246 e. The lowest BCUT2D eigenvalue weighted by atomic mass is 10.5. The molecule has 1 rings (SSSR count). The first-order valence-electron chi connectivity index (χ1n) is 4.19. The maximum absolute atomic E-state index is 10.9. The van der Waals surface area contributed by atoms with Gasteiger partial charge in [-0.1, -0.05) is 0 Å². The van der Waals surface area contributed by atoms with E-state index >= 15 is 0 Å². The van der Waals surface area contributed by atoms with E-state index in [2.05, 4.69) is 10.1 Å². The number of methoxy groups -OCH3 is 1. The number of nitrogens with zero attached hydrogens (tertiary/aromatic N) is 1. The van der Waals surface area contributed by atoms with Crippen LogP contribution >= 0.6 is 0 Å². The molecule has 13 heavy (non-hydrogen) atoms. The van der Waals surface area contributed by atoms with E-state index in [-0.39, 0.29) is 12.5 Å². The molecule has 0 aromatic carbocycles. The predicted octanol–water partition coefficient (Wildman–Crippen LogP) is 0.251. The molecule has 1 amide bonds. The Labute approximate surface area is 77.5 Å². The first-order valence-corrected chi connectivity index (χ1v) is 4.19. The molecule has 1 heterocycles. The van der Waals surface area contributed by atoms with Crippen LogP contribution in [0.25, 0.3) is 0 Å². The topological polar surface area (TPSA) is 43.3 Å². The monoisotopic (exact) mass is 182 g/mol. The number of hydrogen-bond donors (Lipinski definition) is 1. The number of amides is 1. The summed E-state index contributed by atoms with van der Waals surface area (Å²) in [5.74, 6) is -0.0744. The minimum atomic E-state index is -0.0744. The highest BCUT2D eigenvalue weighted by Gasteiger charge is 1.97. The van der Waals surface area contributed by atoms with Crippen LogP contribution in [0.5, 0.6) is 0 Å². The Morgan fingerprint density at radius 2 is 2.15 bits per heavy atom. The van der Waals surface area contributed by atoms with Gasteiger partial charge in [-0.15, -0.1) is 0 Å². The molecule has 0 saturated carbocycles. The highest BCUT2D eigenvalue weighted by molar-refractivity contribution is 5.77. The van der Waals surface area contributed by atoms with Crippen LogP contribution in [0.15, 0.2) is 24.5 Å². The van der Waals surface area contributed by atoms with Crippen LogP contribution in [0.2, 0.25) is 0 Å². The summed E-state index contributed by atoms with van der Waals surface area (Å²) in [6, 6.07) is 3.91. The van der Waals surface area contributed by atoms with E-state index in [1.807, 2.05) is 29.1 Å². The SMILES string of the molecule is COCC(=O)NCCn1cccc1. The molecule has 72 valence electrons. The van der Waals surface area contributed by atoms with Gasteiger partial charge < -0.3 is 14.6 Å². The van der Waals surface area contributed by atoms with Crippen LogP contribution in [0.1, 0.15) is 0 Å². The van der Waals surface area contributed by atoms with E-state index in [9.17, 15) is 4.79 Å². The molecule has 0 aliphatic heterocycles. The number of ether oxygens (including phenoxy) is 1. The minimum absolute atomic E-state index is 0.0744. The fourth-order valence-corrected chi connectivity index (χ4v) is 1.03. The number of rotatable bonds is 5. The Morgan fingerprint density at radius 3 is 2.77 bits per heavy atom. The van der Waals surface area contributed by atoms with Crippen LogP contribution in [0, 0.1) is 0 Å². The number of carbonyl (C=O) groups excluding carboxylic acids is 1. The Hall–Kier alpha value is -1.29. The maximum atomic E-state index is 10.9. The molecule has 0 aliphatic rings. The third kappa shape index (κ3) is 3.75. The minimum Gasteiger partial charge on any atom is -0.375 e.